The van der Waals surface area contributed by atoms with Crippen LogP contribution in [0.1, 0.15) is 6.42 Å². The molecule has 1 rings (SSSR count). The van der Waals surface area contributed by atoms with Gasteiger partial charge in [-0.2, -0.15) is 14.0 Å². The van der Waals surface area contributed by atoms with Crippen molar-refractivity contribution in [2.24, 2.45) is 0 Å². The second kappa shape index (κ2) is 5.72. The number of halogens is 2. The molecule has 0 aromatic rings. The number of nitriles is 1. The van der Waals surface area contributed by atoms with Crippen molar-refractivity contribution >= 4 is 38.4 Å². The van der Waals surface area contributed by atoms with E-state index in [0.717, 1.165) is 0 Å². The minimum absolute atomic E-state index is 0.0631. The molecule has 0 saturated carbocycles. The number of rotatable bonds is 2. The summed E-state index contributed by atoms with van der Waals surface area (Å²) in [4.78, 5) is 0. The Balaban J connectivity index is 3.23. The van der Waals surface area contributed by atoms with Crippen LogP contribution in [0.5, 0.6) is 0 Å². The van der Waals surface area contributed by atoms with Gasteiger partial charge in [-0.25, -0.2) is 0 Å². The molecule has 0 saturated heterocycles. The highest BCUT2D eigenvalue weighted by atomic mass is 32.1. The van der Waals surface area contributed by atoms with Crippen molar-refractivity contribution in [2.45, 2.75) is 12.1 Å². The van der Waals surface area contributed by atoms with E-state index in [0.29, 0.717) is 12.1 Å². The maximum Gasteiger partial charge on any atom is 0.285 e. The van der Waals surface area contributed by atoms with Crippen LogP contribution >= 0.6 is 34.1 Å². The summed E-state index contributed by atoms with van der Waals surface area (Å²) in [6, 6.07) is 1.75. The van der Waals surface area contributed by atoms with E-state index in [2.05, 4.69) is 17.9 Å². The van der Waals surface area contributed by atoms with Crippen molar-refractivity contribution < 1.29 is 8.78 Å². The summed E-state index contributed by atoms with van der Waals surface area (Å²) >= 11 is 8.60. The SMILES string of the molecule is N#CC1=C(C(F)(F)P)C=C(NC(=S)S)CC=C1. The maximum atomic E-state index is 13.3. The average Bonchev–Trinajstić information content (AvgIpc) is 2.38. The minimum atomic E-state index is -3.16. The Morgan fingerprint density at radius 3 is 2.76 bits per heavy atom. The summed E-state index contributed by atoms with van der Waals surface area (Å²) in [5, 5.41) is 11.5. The monoisotopic (exact) mass is 290 g/mol. The molecule has 7 heteroatoms. The zero-order valence-electron chi connectivity index (χ0n) is 8.58. The molecule has 0 radical (unpaired) electrons. The molecule has 2 nitrogen and oxygen atoms in total. The maximum absolute atomic E-state index is 13.3. The Hall–Kier alpha value is -0.760. The third-order valence-corrected chi connectivity index (χ3v) is 2.50. The van der Waals surface area contributed by atoms with E-state index in [1.54, 1.807) is 12.1 Å². The third-order valence-electron chi connectivity index (χ3n) is 1.98. The predicted octanol–water partition coefficient (Wildman–Crippen LogP) is 2.92. The summed E-state index contributed by atoms with van der Waals surface area (Å²) in [6.07, 6.45) is 4.61. The van der Waals surface area contributed by atoms with Crippen LogP contribution in [0, 0.1) is 11.3 Å². The lowest BCUT2D eigenvalue weighted by molar-refractivity contribution is 0.150. The number of nitrogens with zero attached hydrogens (tertiary/aromatic N) is 1. The molecule has 0 aliphatic heterocycles. The van der Waals surface area contributed by atoms with Gasteiger partial charge in [0.05, 0.1) is 11.6 Å². The quantitative estimate of drug-likeness (QED) is 0.466. The highest BCUT2D eigenvalue weighted by Gasteiger charge is 2.30. The van der Waals surface area contributed by atoms with Gasteiger partial charge < -0.3 is 5.32 Å². The molecule has 17 heavy (non-hydrogen) atoms. The van der Waals surface area contributed by atoms with Gasteiger partial charge in [0, 0.05) is 17.7 Å². The molecule has 0 spiro atoms. The van der Waals surface area contributed by atoms with Gasteiger partial charge in [-0.05, 0) is 12.2 Å². The normalized spacial score (nSPS) is 16.1. The standard InChI is InChI=1S/C10H9F2N2PS2/c11-10(12,15)8-4-7(14-9(16)17)3-1-2-6(8)5-13/h1-2,4H,3,15H2,(H2,14,16,17). The highest BCUT2D eigenvalue weighted by molar-refractivity contribution is 8.11. The van der Waals surface area contributed by atoms with Gasteiger partial charge in [0.2, 0.25) is 0 Å². The van der Waals surface area contributed by atoms with Crippen molar-refractivity contribution in [1.82, 2.24) is 5.32 Å². The first-order valence-corrected chi connectivity index (χ1v) is 5.96. The largest absolute Gasteiger partial charge is 0.345 e. The van der Waals surface area contributed by atoms with Crippen molar-refractivity contribution in [3.05, 3.63) is 35.1 Å². The van der Waals surface area contributed by atoms with Gasteiger partial charge in [-0.3, -0.25) is 0 Å². The van der Waals surface area contributed by atoms with Gasteiger partial charge >= 0.3 is 0 Å². The average molecular weight is 290 g/mol. The fourth-order valence-corrected chi connectivity index (χ4v) is 1.82. The van der Waals surface area contributed by atoms with Gasteiger partial charge in [-0.15, -0.1) is 12.6 Å². The number of alkyl halides is 2. The van der Waals surface area contributed by atoms with E-state index < -0.39 is 5.66 Å². The highest BCUT2D eigenvalue weighted by Crippen LogP contribution is 2.36. The zero-order chi connectivity index (χ0) is 13.1. The minimum Gasteiger partial charge on any atom is -0.345 e. The van der Waals surface area contributed by atoms with Crippen LogP contribution in [0.15, 0.2) is 35.1 Å². The fourth-order valence-electron chi connectivity index (χ4n) is 1.30. The number of allylic oxidation sites excluding steroid dienone is 5. The topological polar surface area (TPSA) is 35.8 Å². The van der Waals surface area contributed by atoms with Crippen molar-refractivity contribution in [3.8, 4) is 6.07 Å². The summed E-state index contributed by atoms with van der Waals surface area (Å²) in [5.41, 5.74) is -3.11. The van der Waals surface area contributed by atoms with Crippen molar-refractivity contribution in [1.29, 1.82) is 5.26 Å². The second-order valence-corrected chi connectivity index (χ2v) is 5.15. The van der Waals surface area contributed by atoms with Crippen molar-refractivity contribution in [3.63, 3.8) is 0 Å². The number of thiol groups is 1. The Labute approximate surface area is 111 Å². The molecule has 0 heterocycles. The molecule has 1 N–H and O–H groups in total. The molecule has 90 valence electrons. The molecule has 0 bridgehead atoms. The van der Waals surface area contributed by atoms with Crippen LogP contribution in [0.25, 0.3) is 0 Å². The van der Waals surface area contributed by atoms with E-state index in [-0.39, 0.29) is 15.5 Å². The van der Waals surface area contributed by atoms with Crippen molar-refractivity contribution in [2.75, 3.05) is 0 Å². The molecule has 1 atom stereocenters. The van der Waals surface area contributed by atoms with Gasteiger partial charge in [0.15, 0.2) is 0 Å². The van der Waals surface area contributed by atoms with Crippen LogP contribution in [0.4, 0.5) is 8.78 Å². The molecular weight excluding hydrogens is 281 g/mol. The van der Waals surface area contributed by atoms with E-state index in [1.165, 1.54) is 21.4 Å². The smallest absolute Gasteiger partial charge is 0.285 e. The lowest BCUT2D eigenvalue weighted by atomic mass is 10.1. The van der Waals surface area contributed by atoms with Gasteiger partial charge in [0.25, 0.3) is 5.66 Å². The lowest BCUT2D eigenvalue weighted by Crippen LogP contribution is -2.17. The number of hydrogen-bond donors (Lipinski definition) is 2. The van der Waals surface area contributed by atoms with Crippen LogP contribution in [-0.2, 0) is 0 Å². The molecule has 1 aliphatic rings. The van der Waals surface area contributed by atoms with Crippen LogP contribution in [0.3, 0.4) is 0 Å². The Morgan fingerprint density at radius 2 is 2.29 bits per heavy atom. The number of thiocarbonyl (C=S) groups is 1. The number of nitrogens with one attached hydrogen (secondary N) is 1. The first-order chi connectivity index (χ1) is 7.84. The zero-order valence-corrected chi connectivity index (χ0v) is 11.4. The van der Waals surface area contributed by atoms with E-state index in [9.17, 15) is 8.78 Å². The predicted molar refractivity (Wildman–Crippen MR) is 73.9 cm³/mol. The van der Waals surface area contributed by atoms with E-state index in [1.807, 2.05) is 0 Å². The summed E-state index contributed by atoms with van der Waals surface area (Å²) in [6.45, 7) is 0. The Kier molecular flexibility index (Phi) is 4.81. The van der Waals surface area contributed by atoms with Crippen LogP contribution in [0.2, 0.25) is 0 Å². The Bertz CT molecular complexity index is 470. The number of hydrogen-bond acceptors (Lipinski definition) is 2. The first kappa shape index (κ1) is 14.3. The molecule has 0 fully saturated rings. The summed E-state index contributed by atoms with van der Waals surface area (Å²) in [7, 11) is 1.42. The van der Waals surface area contributed by atoms with E-state index >= 15 is 0 Å². The third kappa shape index (κ3) is 4.19. The van der Waals surface area contributed by atoms with Gasteiger partial charge in [-0.1, -0.05) is 27.5 Å². The van der Waals surface area contributed by atoms with Crippen LogP contribution < -0.4 is 5.32 Å². The fraction of sp³-hybridized carbons (Fsp3) is 0.200. The molecular formula is C10H9F2N2PS2. The molecule has 1 aliphatic carbocycles. The molecule has 0 aromatic carbocycles. The lowest BCUT2D eigenvalue weighted by Gasteiger charge is -2.14. The first-order valence-electron chi connectivity index (χ1n) is 4.53. The Morgan fingerprint density at radius 1 is 1.65 bits per heavy atom. The summed E-state index contributed by atoms with van der Waals surface area (Å²) in [5.74, 6) is 0. The molecule has 0 aromatic heterocycles. The van der Waals surface area contributed by atoms with Crippen LogP contribution in [-0.4, -0.2) is 9.98 Å². The van der Waals surface area contributed by atoms with E-state index in [4.69, 9.17) is 17.5 Å². The second-order valence-electron chi connectivity index (χ2n) is 3.27. The summed E-state index contributed by atoms with van der Waals surface area (Å²) < 4.78 is 26.9. The molecule has 1 unspecified atom stereocenters. The molecule has 0 amide bonds. The van der Waals surface area contributed by atoms with Gasteiger partial charge in [0.1, 0.15) is 4.32 Å².